The van der Waals surface area contributed by atoms with Crippen molar-refractivity contribution in [3.63, 3.8) is 0 Å². The second-order valence-electron chi connectivity index (χ2n) is 9.88. The van der Waals surface area contributed by atoms with E-state index in [0.717, 1.165) is 18.4 Å². The van der Waals surface area contributed by atoms with Gasteiger partial charge in [-0.05, 0) is 37.0 Å². The number of benzene rings is 1. The number of ether oxygens (including phenoxy) is 2. The summed E-state index contributed by atoms with van der Waals surface area (Å²) in [6, 6.07) is 7.65. The zero-order valence-corrected chi connectivity index (χ0v) is 21.7. The van der Waals surface area contributed by atoms with Crippen LogP contribution in [0.2, 0.25) is 0 Å². The van der Waals surface area contributed by atoms with Gasteiger partial charge in [0.25, 0.3) is 0 Å². The summed E-state index contributed by atoms with van der Waals surface area (Å²) in [6.07, 6.45) is 2.53. The van der Waals surface area contributed by atoms with Crippen LogP contribution in [0.15, 0.2) is 30.3 Å². The predicted octanol–water partition coefficient (Wildman–Crippen LogP) is 2.20. The van der Waals surface area contributed by atoms with Gasteiger partial charge in [-0.15, -0.1) is 0 Å². The summed E-state index contributed by atoms with van der Waals surface area (Å²) < 4.78 is 12.3. The van der Waals surface area contributed by atoms with Gasteiger partial charge in [0.15, 0.2) is 23.3 Å². The first-order valence-electron chi connectivity index (χ1n) is 13.2. The predicted molar refractivity (Wildman–Crippen MR) is 137 cm³/mol. The number of fused-ring (bicyclic) bond motifs is 1. The van der Waals surface area contributed by atoms with Gasteiger partial charge in [0.1, 0.15) is 0 Å². The molecule has 3 atom stereocenters. The molecule has 38 heavy (non-hydrogen) atoms. The minimum Gasteiger partial charge on any atom is -0.494 e. The minimum absolute atomic E-state index is 0.0145. The number of hydrogen-bond acceptors (Lipinski definition) is 8. The summed E-state index contributed by atoms with van der Waals surface area (Å²) in [5.74, 6) is -1.38. The lowest BCUT2D eigenvalue weighted by Crippen LogP contribution is -2.45. The molecule has 2 aliphatic heterocycles. The zero-order valence-electron chi connectivity index (χ0n) is 21.7. The maximum absolute atomic E-state index is 13.4. The summed E-state index contributed by atoms with van der Waals surface area (Å²) >= 11 is 0. The monoisotopic (exact) mass is 531 g/mol. The van der Waals surface area contributed by atoms with E-state index < -0.39 is 23.8 Å². The Morgan fingerprint density at radius 3 is 2.45 bits per heavy atom. The van der Waals surface area contributed by atoms with Crippen LogP contribution >= 0.6 is 0 Å². The molecule has 0 radical (unpaired) electrons. The van der Waals surface area contributed by atoms with Crippen LogP contribution in [-0.2, 0) is 16.1 Å². The Morgan fingerprint density at radius 2 is 1.76 bits per heavy atom. The van der Waals surface area contributed by atoms with E-state index in [-0.39, 0.29) is 44.2 Å². The van der Waals surface area contributed by atoms with Crippen LogP contribution < -0.4 is 9.47 Å². The molecule has 1 amide bonds. The number of carboxylic acids is 1. The molecule has 0 aliphatic carbocycles. The largest absolute Gasteiger partial charge is 0.494 e. The molecule has 3 heterocycles. The molecular formula is C27H37N3O8. The standard InChI is InChI=1S/C27H37N3O8/c1-2-3-10-28(11-4-13-31)25(34)16-29-15-19(18-5-6-21-22(14-18)38-17-37-21)26(27(35)36)20(29)9-12-30-23(32)7-8-24(30)33/h5-8,14,19-20,26,31-33H,2-4,9-13,15-17H2,1H3,(H,35,36)/t19-,20+,26?/m1/s1. The molecule has 2 aliphatic rings. The number of rotatable bonds is 13. The number of nitrogens with zero attached hydrogens (tertiary/aromatic N) is 3. The number of amides is 1. The summed E-state index contributed by atoms with van der Waals surface area (Å²) in [4.78, 5) is 29.7. The molecule has 1 fully saturated rings. The minimum atomic E-state index is -0.975. The second-order valence-corrected chi connectivity index (χ2v) is 9.88. The maximum Gasteiger partial charge on any atom is 0.308 e. The molecule has 11 nitrogen and oxygen atoms in total. The van der Waals surface area contributed by atoms with Crippen LogP contribution in [-0.4, -0.2) is 92.3 Å². The highest BCUT2D eigenvalue weighted by atomic mass is 16.7. The van der Waals surface area contributed by atoms with E-state index in [2.05, 4.69) is 0 Å². The zero-order chi connectivity index (χ0) is 27.2. The fourth-order valence-electron chi connectivity index (χ4n) is 5.52. The van der Waals surface area contributed by atoms with Crippen molar-refractivity contribution in [3.05, 3.63) is 35.9 Å². The van der Waals surface area contributed by atoms with E-state index in [4.69, 9.17) is 9.47 Å². The number of carbonyl (C=O) groups excluding carboxylic acids is 1. The maximum atomic E-state index is 13.4. The van der Waals surface area contributed by atoms with Crippen LogP contribution in [0.4, 0.5) is 0 Å². The molecule has 1 aromatic heterocycles. The fourth-order valence-corrected chi connectivity index (χ4v) is 5.52. The summed E-state index contributed by atoms with van der Waals surface area (Å²) in [6.45, 7) is 3.72. The van der Waals surface area contributed by atoms with Gasteiger partial charge >= 0.3 is 5.97 Å². The van der Waals surface area contributed by atoms with Gasteiger partial charge in [-0.1, -0.05) is 19.4 Å². The Labute approximate surface area is 221 Å². The molecule has 1 saturated heterocycles. The van der Waals surface area contributed by atoms with Gasteiger partial charge in [-0.25, -0.2) is 0 Å². The third-order valence-electron chi connectivity index (χ3n) is 7.50. The fraction of sp³-hybridized carbons (Fsp3) is 0.556. The molecule has 4 rings (SSSR count). The highest BCUT2D eigenvalue weighted by molar-refractivity contribution is 5.79. The quantitative estimate of drug-likeness (QED) is 0.306. The third kappa shape index (κ3) is 5.99. The summed E-state index contributed by atoms with van der Waals surface area (Å²) in [7, 11) is 0. The molecule has 208 valence electrons. The lowest BCUT2D eigenvalue weighted by molar-refractivity contribution is -0.144. The third-order valence-corrected chi connectivity index (χ3v) is 7.50. The summed E-state index contributed by atoms with van der Waals surface area (Å²) in [5.41, 5.74) is 0.788. The molecule has 4 N–H and O–H groups in total. The van der Waals surface area contributed by atoms with Crippen molar-refractivity contribution in [3.8, 4) is 23.3 Å². The molecule has 0 spiro atoms. The van der Waals surface area contributed by atoms with E-state index in [9.17, 15) is 30.0 Å². The lowest BCUT2D eigenvalue weighted by atomic mass is 9.84. The first kappa shape index (κ1) is 27.6. The van der Waals surface area contributed by atoms with E-state index in [0.29, 0.717) is 44.0 Å². The highest BCUT2D eigenvalue weighted by Crippen LogP contribution is 2.43. The van der Waals surface area contributed by atoms with Crippen molar-refractivity contribution in [2.24, 2.45) is 5.92 Å². The van der Waals surface area contributed by atoms with Crippen molar-refractivity contribution in [2.45, 2.75) is 51.1 Å². The molecule has 0 saturated carbocycles. The van der Waals surface area contributed by atoms with Crippen LogP contribution in [0, 0.1) is 5.92 Å². The number of unbranched alkanes of at least 4 members (excludes halogenated alkanes) is 1. The number of likely N-dealkylation sites (tertiary alicyclic amines) is 1. The van der Waals surface area contributed by atoms with Crippen LogP contribution in [0.3, 0.4) is 0 Å². The van der Waals surface area contributed by atoms with Crippen LogP contribution in [0.25, 0.3) is 0 Å². The Morgan fingerprint density at radius 1 is 1.05 bits per heavy atom. The number of aliphatic carboxylic acids is 1. The number of hydrogen-bond donors (Lipinski definition) is 4. The SMILES string of the molecule is CCCCN(CCCO)C(=O)CN1C[C@H](c2ccc3c(c2)OCO3)C(C(=O)O)[C@@H]1CCn1c(O)ccc1O. The Hall–Kier alpha value is -3.44. The van der Waals surface area contributed by atoms with Gasteiger partial charge in [0.05, 0.1) is 12.5 Å². The van der Waals surface area contributed by atoms with Crippen molar-refractivity contribution in [1.29, 1.82) is 0 Å². The lowest BCUT2D eigenvalue weighted by Gasteiger charge is -2.30. The number of aromatic hydroxyl groups is 2. The highest BCUT2D eigenvalue weighted by Gasteiger charge is 2.47. The Kier molecular flexibility index (Phi) is 9.01. The van der Waals surface area contributed by atoms with Crippen molar-refractivity contribution in [2.75, 3.05) is 39.6 Å². The number of carboxylic acid groups (broad SMARTS) is 1. The van der Waals surface area contributed by atoms with E-state index in [1.807, 2.05) is 24.0 Å². The first-order valence-corrected chi connectivity index (χ1v) is 13.2. The molecule has 1 unspecified atom stereocenters. The average molecular weight is 532 g/mol. The average Bonchev–Trinajstić information content (AvgIpc) is 3.59. The number of aliphatic hydroxyl groups excluding tert-OH is 1. The van der Waals surface area contributed by atoms with Gasteiger partial charge in [-0.3, -0.25) is 19.1 Å². The second kappa shape index (κ2) is 12.4. The van der Waals surface area contributed by atoms with Crippen molar-refractivity contribution >= 4 is 11.9 Å². The molecule has 0 bridgehead atoms. The molecular weight excluding hydrogens is 494 g/mol. The van der Waals surface area contributed by atoms with Gasteiger partial charge in [-0.2, -0.15) is 0 Å². The van der Waals surface area contributed by atoms with Crippen LogP contribution in [0.1, 0.15) is 44.1 Å². The number of aliphatic hydroxyl groups is 1. The van der Waals surface area contributed by atoms with E-state index in [1.54, 1.807) is 11.0 Å². The molecule has 2 aromatic rings. The van der Waals surface area contributed by atoms with Crippen LogP contribution in [0.5, 0.6) is 23.3 Å². The molecule has 1 aromatic carbocycles. The first-order chi connectivity index (χ1) is 18.3. The van der Waals surface area contributed by atoms with E-state index >= 15 is 0 Å². The molecule has 11 heteroatoms. The number of aromatic nitrogens is 1. The van der Waals surface area contributed by atoms with Crippen molar-refractivity contribution in [1.82, 2.24) is 14.4 Å². The van der Waals surface area contributed by atoms with Gasteiger partial charge in [0.2, 0.25) is 12.7 Å². The van der Waals surface area contributed by atoms with E-state index in [1.165, 1.54) is 16.7 Å². The van der Waals surface area contributed by atoms with Crippen molar-refractivity contribution < 1.29 is 39.5 Å². The van der Waals surface area contributed by atoms with Gasteiger partial charge in [0, 0.05) is 56.9 Å². The normalized spacial score (nSPS) is 20.6. The smallest absolute Gasteiger partial charge is 0.308 e. The Bertz CT molecular complexity index is 1090. The summed E-state index contributed by atoms with van der Waals surface area (Å²) in [5, 5.41) is 39.9. The number of carbonyl (C=O) groups is 2. The topological polar surface area (TPSA) is 145 Å². The Balaban J connectivity index is 1.61. The van der Waals surface area contributed by atoms with Gasteiger partial charge < -0.3 is 34.8 Å².